The van der Waals surface area contributed by atoms with Crippen LogP contribution in [0.2, 0.25) is 10.0 Å². The molecule has 2 aromatic rings. The molecule has 4 nitrogen and oxygen atoms in total. The van der Waals surface area contributed by atoms with Crippen molar-refractivity contribution < 1.29 is 9.53 Å². The molecule has 0 spiro atoms. The molecule has 138 valence electrons. The highest BCUT2D eigenvalue weighted by atomic mass is 35.5. The first-order valence-corrected chi connectivity index (χ1v) is 9.45. The maximum absolute atomic E-state index is 12.4. The highest BCUT2D eigenvalue weighted by molar-refractivity contribution is 6.35. The summed E-state index contributed by atoms with van der Waals surface area (Å²) in [6, 6.07) is 15.5. The largest absolute Gasteiger partial charge is 0.479 e. The van der Waals surface area contributed by atoms with E-state index in [2.05, 4.69) is 22.3 Å². The number of carbonyl (C=O) groups is 1. The summed E-state index contributed by atoms with van der Waals surface area (Å²) in [5.74, 6) is 0.318. The lowest BCUT2D eigenvalue weighted by atomic mass is 10.2. The van der Waals surface area contributed by atoms with E-state index in [0.29, 0.717) is 15.8 Å². The second-order valence-corrected chi connectivity index (χ2v) is 7.39. The summed E-state index contributed by atoms with van der Waals surface area (Å²) in [4.78, 5) is 14.8. The Balaban J connectivity index is 1.48. The fourth-order valence-corrected chi connectivity index (χ4v) is 3.52. The van der Waals surface area contributed by atoms with Crippen molar-refractivity contribution in [2.24, 2.45) is 0 Å². The Bertz CT molecular complexity index is 755. The van der Waals surface area contributed by atoms with E-state index in [4.69, 9.17) is 27.9 Å². The van der Waals surface area contributed by atoms with Gasteiger partial charge in [0.2, 0.25) is 0 Å². The van der Waals surface area contributed by atoms with Gasteiger partial charge in [-0.15, -0.1) is 0 Å². The van der Waals surface area contributed by atoms with Crippen molar-refractivity contribution in [1.29, 1.82) is 0 Å². The number of carbonyl (C=O) groups excluding carboxylic acids is 1. The van der Waals surface area contributed by atoms with Crippen molar-refractivity contribution in [1.82, 2.24) is 10.2 Å². The fourth-order valence-electron chi connectivity index (χ4n) is 3.07. The lowest BCUT2D eigenvalue weighted by Crippen LogP contribution is -2.43. The number of benzene rings is 2. The second kappa shape index (κ2) is 8.76. The van der Waals surface area contributed by atoms with Gasteiger partial charge >= 0.3 is 0 Å². The molecule has 6 heteroatoms. The number of hydrogen-bond acceptors (Lipinski definition) is 3. The number of hydrogen-bond donors (Lipinski definition) is 1. The van der Waals surface area contributed by atoms with Crippen LogP contribution in [0.5, 0.6) is 5.75 Å². The summed E-state index contributed by atoms with van der Waals surface area (Å²) in [5, 5.41) is 4.00. The van der Waals surface area contributed by atoms with Gasteiger partial charge in [0, 0.05) is 30.7 Å². The molecular formula is C20H22Cl2N2O2. The smallest absolute Gasteiger partial charge is 0.261 e. The van der Waals surface area contributed by atoms with Gasteiger partial charge in [0.25, 0.3) is 5.91 Å². The van der Waals surface area contributed by atoms with E-state index < -0.39 is 6.10 Å². The summed E-state index contributed by atoms with van der Waals surface area (Å²) in [5.41, 5.74) is 1.29. The average molecular weight is 393 g/mol. The minimum absolute atomic E-state index is 0.137. The van der Waals surface area contributed by atoms with E-state index in [9.17, 15) is 4.79 Å². The van der Waals surface area contributed by atoms with E-state index in [0.717, 1.165) is 26.1 Å². The van der Waals surface area contributed by atoms with Crippen molar-refractivity contribution in [3.8, 4) is 5.75 Å². The molecule has 2 atom stereocenters. The molecule has 1 aliphatic heterocycles. The van der Waals surface area contributed by atoms with Gasteiger partial charge in [0.1, 0.15) is 5.75 Å². The Kier molecular flexibility index (Phi) is 6.41. The minimum atomic E-state index is -0.628. The zero-order valence-electron chi connectivity index (χ0n) is 14.6. The molecule has 3 rings (SSSR count). The summed E-state index contributed by atoms with van der Waals surface area (Å²) in [6.45, 7) is 4.43. The van der Waals surface area contributed by atoms with Crippen molar-refractivity contribution in [3.63, 3.8) is 0 Å². The Morgan fingerprint density at radius 3 is 2.77 bits per heavy atom. The molecule has 0 aliphatic carbocycles. The number of amides is 1. The number of rotatable bonds is 6. The van der Waals surface area contributed by atoms with Crippen molar-refractivity contribution in [2.45, 2.75) is 32.0 Å². The standard InChI is InChI=1S/C20H22Cl2N2O2/c1-14(26-19-8-7-16(21)11-18(19)22)20(25)23-17-9-10-24(13-17)12-15-5-3-2-4-6-15/h2-8,11,14,17H,9-10,12-13H2,1H3,(H,23,25). The molecule has 2 aromatic carbocycles. The van der Waals surface area contributed by atoms with Crippen LogP contribution in [0.4, 0.5) is 0 Å². The SMILES string of the molecule is CC(Oc1ccc(Cl)cc1Cl)C(=O)NC1CCN(Cc2ccccc2)C1. The molecule has 1 saturated heterocycles. The number of halogens is 2. The molecule has 1 amide bonds. The van der Waals surface area contributed by atoms with E-state index in [1.807, 2.05) is 18.2 Å². The highest BCUT2D eigenvalue weighted by Gasteiger charge is 2.26. The quantitative estimate of drug-likeness (QED) is 0.802. The number of ether oxygens (including phenoxy) is 1. The Labute approximate surface area is 164 Å². The maximum atomic E-state index is 12.4. The van der Waals surface area contributed by atoms with Gasteiger partial charge in [-0.25, -0.2) is 0 Å². The van der Waals surface area contributed by atoms with Crippen LogP contribution >= 0.6 is 23.2 Å². The van der Waals surface area contributed by atoms with Gasteiger partial charge in [-0.3, -0.25) is 9.69 Å². The molecule has 1 aliphatic rings. The van der Waals surface area contributed by atoms with Crippen LogP contribution < -0.4 is 10.1 Å². The topological polar surface area (TPSA) is 41.6 Å². The molecule has 1 fully saturated rings. The fraction of sp³-hybridized carbons (Fsp3) is 0.350. The van der Waals surface area contributed by atoms with Gasteiger partial charge < -0.3 is 10.1 Å². The number of likely N-dealkylation sites (tertiary alicyclic amines) is 1. The third-order valence-corrected chi connectivity index (χ3v) is 4.97. The van der Waals surface area contributed by atoms with E-state index in [1.54, 1.807) is 25.1 Å². The van der Waals surface area contributed by atoms with Crippen LogP contribution in [0.1, 0.15) is 18.9 Å². The first kappa shape index (κ1) is 19.0. The summed E-state index contributed by atoms with van der Waals surface area (Å²) < 4.78 is 5.68. The van der Waals surface area contributed by atoms with Gasteiger partial charge in [-0.1, -0.05) is 53.5 Å². The van der Waals surface area contributed by atoms with E-state index in [1.165, 1.54) is 5.56 Å². The maximum Gasteiger partial charge on any atom is 0.261 e. The van der Waals surface area contributed by atoms with Crippen LogP contribution in [-0.2, 0) is 11.3 Å². The summed E-state index contributed by atoms with van der Waals surface area (Å²) in [7, 11) is 0. The van der Waals surface area contributed by atoms with Gasteiger partial charge in [0.05, 0.1) is 5.02 Å². The van der Waals surface area contributed by atoms with Crippen LogP contribution in [-0.4, -0.2) is 36.0 Å². The van der Waals surface area contributed by atoms with Crippen molar-refractivity contribution >= 4 is 29.1 Å². The molecule has 0 bridgehead atoms. The number of nitrogens with one attached hydrogen (secondary N) is 1. The Hall–Kier alpha value is -1.75. The monoisotopic (exact) mass is 392 g/mol. The zero-order chi connectivity index (χ0) is 18.5. The Morgan fingerprint density at radius 2 is 2.04 bits per heavy atom. The predicted octanol–water partition coefficient (Wildman–Crippen LogP) is 4.15. The molecule has 0 radical (unpaired) electrons. The lowest BCUT2D eigenvalue weighted by molar-refractivity contribution is -0.127. The van der Waals surface area contributed by atoms with Crippen LogP contribution in [0.25, 0.3) is 0 Å². The van der Waals surface area contributed by atoms with Crippen LogP contribution in [0.3, 0.4) is 0 Å². The molecule has 1 heterocycles. The van der Waals surface area contributed by atoms with E-state index >= 15 is 0 Å². The minimum Gasteiger partial charge on any atom is -0.479 e. The summed E-state index contributed by atoms with van der Waals surface area (Å²) >= 11 is 12.0. The molecule has 1 N–H and O–H groups in total. The Morgan fingerprint density at radius 1 is 1.27 bits per heavy atom. The first-order valence-electron chi connectivity index (χ1n) is 8.69. The molecule has 0 saturated carbocycles. The molecular weight excluding hydrogens is 371 g/mol. The molecule has 26 heavy (non-hydrogen) atoms. The molecule has 2 unspecified atom stereocenters. The summed E-state index contributed by atoms with van der Waals surface area (Å²) in [6.07, 6.45) is 0.310. The second-order valence-electron chi connectivity index (χ2n) is 6.55. The van der Waals surface area contributed by atoms with Gasteiger partial charge in [0.15, 0.2) is 6.10 Å². The average Bonchev–Trinajstić information content (AvgIpc) is 3.05. The third kappa shape index (κ3) is 5.13. The molecule has 0 aromatic heterocycles. The van der Waals surface area contributed by atoms with Gasteiger partial charge in [-0.2, -0.15) is 0 Å². The van der Waals surface area contributed by atoms with Crippen molar-refractivity contribution in [2.75, 3.05) is 13.1 Å². The van der Waals surface area contributed by atoms with Crippen molar-refractivity contribution in [3.05, 3.63) is 64.1 Å². The number of nitrogens with zero attached hydrogens (tertiary/aromatic N) is 1. The van der Waals surface area contributed by atoms with Crippen LogP contribution in [0.15, 0.2) is 48.5 Å². The predicted molar refractivity (Wildman–Crippen MR) is 105 cm³/mol. The highest BCUT2D eigenvalue weighted by Crippen LogP contribution is 2.28. The third-order valence-electron chi connectivity index (χ3n) is 4.43. The first-order chi connectivity index (χ1) is 12.5. The zero-order valence-corrected chi connectivity index (χ0v) is 16.1. The lowest BCUT2D eigenvalue weighted by Gasteiger charge is -2.20. The van der Waals surface area contributed by atoms with Crippen LogP contribution in [0, 0.1) is 0 Å². The van der Waals surface area contributed by atoms with Gasteiger partial charge in [-0.05, 0) is 37.1 Å². The van der Waals surface area contributed by atoms with E-state index in [-0.39, 0.29) is 11.9 Å². The normalized spacial score (nSPS) is 18.5.